The van der Waals surface area contributed by atoms with Gasteiger partial charge in [-0.15, -0.1) is 0 Å². The van der Waals surface area contributed by atoms with Crippen molar-refractivity contribution < 1.29 is 0 Å². The standard InChI is InChI=1S/C15H19ClN4S2/c1-12-17-20(15(21)22-12)11-19-8-6-18(7-9-19)10-13-2-4-14(16)5-3-13/h2-5H,6-11H2,1H3. The smallest absolute Gasteiger partial charge is 0.180 e. The van der Waals surface area contributed by atoms with Crippen molar-refractivity contribution >= 4 is 35.2 Å². The fraction of sp³-hybridized carbons (Fsp3) is 0.467. The van der Waals surface area contributed by atoms with Gasteiger partial charge in [-0.05, 0) is 36.8 Å². The fourth-order valence-corrected chi connectivity index (χ4v) is 3.81. The first kappa shape index (κ1) is 16.1. The minimum Gasteiger partial charge on any atom is -0.297 e. The number of piperazine rings is 1. The summed E-state index contributed by atoms with van der Waals surface area (Å²) in [5.41, 5.74) is 1.31. The van der Waals surface area contributed by atoms with Crippen LogP contribution >= 0.6 is 35.2 Å². The maximum Gasteiger partial charge on any atom is 0.180 e. The summed E-state index contributed by atoms with van der Waals surface area (Å²) in [5, 5.41) is 6.29. The first-order valence-corrected chi connectivity index (χ1v) is 8.94. The number of hydrogen-bond donors (Lipinski definition) is 0. The molecule has 0 radical (unpaired) electrons. The molecular weight excluding hydrogens is 336 g/mol. The zero-order valence-electron chi connectivity index (χ0n) is 12.5. The molecule has 4 nitrogen and oxygen atoms in total. The van der Waals surface area contributed by atoms with Crippen LogP contribution in [0.3, 0.4) is 0 Å². The predicted molar refractivity (Wildman–Crippen MR) is 94.0 cm³/mol. The van der Waals surface area contributed by atoms with Crippen LogP contribution in [0.2, 0.25) is 5.02 Å². The average molecular weight is 355 g/mol. The zero-order valence-corrected chi connectivity index (χ0v) is 14.9. The minimum atomic E-state index is 0.795. The SMILES string of the molecule is Cc1nn(CN2CCN(Cc3ccc(Cl)cc3)CC2)c(=S)s1. The van der Waals surface area contributed by atoms with E-state index >= 15 is 0 Å². The lowest BCUT2D eigenvalue weighted by Gasteiger charge is -2.34. The summed E-state index contributed by atoms with van der Waals surface area (Å²) in [6, 6.07) is 8.12. The van der Waals surface area contributed by atoms with E-state index in [0.717, 1.165) is 53.4 Å². The number of benzene rings is 1. The van der Waals surface area contributed by atoms with Crippen molar-refractivity contribution in [2.24, 2.45) is 0 Å². The van der Waals surface area contributed by atoms with E-state index < -0.39 is 0 Å². The molecule has 2 heterocycles. The maximum absolute atomic E-state index is 5.93. The molecule has 1 aliphatic rings. The molecule has 0 aliphatic carbocycles. The Morgan fingerprint density at radius 2 is 1.77 bits per heavy atom. The van der Waals surface area contributed by atoms with Crippen LogP contribution in [0.1, 0.15) is 10.6 Å². The van der Waals surface area contributed by atoms with E-state index in [2.05, 4.69) is 27.0 Å². The van der Waals surface area contributed by atoms with E-state index in [-0.39, 0.29) is 0 Å². The van der Waals surface area contributed by atoms with Crippen LogP contribution < -0.4 is 0 Å². The van der Waals surface area contributed by atoms with Crippen LogP contribution in [-0.2, 0) is 13.2 Å². The summed E-state index contributed by atoms with van der Waals surface area (Å²) in [7, 11) is 0. The summed E-state index contributed by atoms with van der Waals surface area (Å²) < 4.78 is 2.80. The van der Waals surface area contributed by atoms with Gasteiger partial charge in [0.1, 0.15) is 5.01 Å². The molecule has 2 aromatic rings. The average Bonchev–Trinajstić information content (AvgIpc) is 2.81. The lowest BCUT2D eigenvalue weighted by Crippen LogP contribution is -2.46. The summed E-state index contributed by atoms with van der Waals surface area (Å²) in [5.74, 6) is 0. The van der Waals surface area contributed by atoms with Crippen LogP contribution in [-0.4, -0.2) is 45.8 Å². The number of aromatic nitrogens is 2. The van der Waals surface area contributed by atoms with Crippen molar-refractivity contribution in [1.82, 2.24) is 19.6 Å². The first-order valence-electron chi connectivity index (χ1n) is 7.34. The van der Waals surface area contributed by atoms with E-state index in [1.165, 1.54) is 5.56 Å². The molecule has 1 aliphatic heterocycles. The molecule has 22 heavy (non-hydrogen) atoms. The van der Waals surface area contributed by atoms with Gasteiger partial charge < -0.3 is 0 Å². The molecule has 0 unspecified atom stereocenters. The largest absolute Gasteiger partial charge is 0.297 e. The Morgan fingerprint density at radius 1 is 1.14 bits per heavy atom. The van der Waals surface area contributed by atoms with Crippen molar-refractivity contribution in [3.63, 3.8) is 0 Å². The highest BCUT2D eigenvalue weighted by Crippen LogP contribution is 2.14. The van der Waals surface area contributed by atoms with Gasteiger partial charge in [0.25, 0.3) is 0 Å². The number of aryl methyl sites for hydroxylation is 1. The number of hydrogen-bond acceptors (Lipinski definition) is 5. The molecule has 0 saturated carbocycles. The lowest BCUT2D eigenvalue weighted by molar-refractivity contribution is 0.0983. The third-order valence-electron chi connectivity index (χ3n) is 3.83. The van der Waals surface area contributed by atoms with Gasteiger partial charge in [-0.25, -0.2) is 4.68 Å². The lowest BCUT2D eigenvalue weighted by atomic mass is 10.2. The number of halogens is 1. The van der Waals surface area contributed by atoms with Gasteiger partial charge >= 0.3 is 0 Å². The molecule has 1 aromatic heterocycles. The van der Waals surface area contributed by atoms with Crippen molar-refractivity contribution in [1.29, 1.82) is 0 Å². The number of rotatable bonds is 4. The first-order chi connectivity index (χ1) is 10.6. The Morgan fingerprint density at radius 3 is 2.36 bits per heavy atom. The van der Waals surface area contributed by atoms with Crippen molar-refractivity contribution in [2.75, 3.05) is 26.2 Å². The molecule has 0 bridgehead atoms. The Kier molecular flexibility index (Phi) is 5.25. The van der Waals surface area contributed by atoms with Gasteiger partial charge in [0.2, 0.25) is 0 Å². The monoisotopic (exact) mass is 354 g/mol. The third kappa shape index (κ3) is 4.14. The van der Waals surface area contributed by atoms with Gasteiger partial charge in [-0.1, -0.05) is 35.1 Å². The highest BCUT2D eigenvalue weighted by molar-refractivity contribution is 7.73. The highest BCUT2D eigenvalue weighted by Gasteiger charge is 2.17. The molecule has 0 amide bonds. The minimum absolute atomic E-state index is 0.795. The summed E-state index contributed by atoms with van der Waals surface area (Å²) in [6.45, 7) is 8.02. The van der Waals surface area contributed by atoms with E-state index in [1.54, 1.807) is 11.3 Å². The van der Waals surface area contributed by atoms with E-state index in [1.807, 2.05) is 23.7 Å². The van der Waals surface area contributed by atoms with E-state index in [0.29, 0.717) is 0 Å². The second-order valence-corrected chi connectivity index (χ2v) is 7.81. The van der Waals surface area contributed by atoms with Gasteiger partial charge in [0, 0.05) is 37.7 Å². The van der Waals surface area contributed by atoms with Gasteiger partial charge in [-0.3, -0.25) is 9.80 Å². The Bertz CT molecular complexity index is 672. The van der Waals surface area contributed by atoms with Gasteiger partial charge in [-0.2, -0.15) is 5.10 Å². The molecule has 0 spiro atoms. The van der Waals surface area contributed by atoms with E-state index in [9.17, 15) is 0 Å². The molecule has 3 rings (SSSR count). The molecule has 0 atom stereocenters. The Labute approximate surface area is 144 Å². The molecular formula is C15H19ClN4S2. The third-order valence-corrected chi connectivity index (χ3v) is 5.30. The van der Waals surface area contributed by atoms with Crippen molar-refractivity contribution in [2.45, 2.75) is 20.1 Å². The van der Waals surface area contributed by atoms with Crippen molar-refractivity contribution in [3.8, 4) is 0 Å². The van der Waals surface area contributed by atoms with Crippen LogP contribution in [0.25, 0.3) is 0 Å². The molecule has 0 N–H and O–H groups in total. The zero-order chi connectivity index (χ0) is 15.5. The Hall–Kier alpha value is -0.790. The van der Waals surface area contributed by atoms with Crippen LogP contribution in [0.5, 0.6) is 0 Å². The predicted octanol–water partition coefficient (Wildman–Crippen LogP) is 3.41. The van der Waals surface area contributed by atoms with Gasteiger partial charge in [0.05, 0.1) is 6.67 Å². The molecule has 1 fully saturated rings. The molecule has 1 saturated heterocycles. The topological polar surface area (TPSA) is 24.3 Å². The maximum atomic E-state index is 5.93. The second-order valence-electron chi connectivity index (χ2n) is 5.55. The van der Waals surface area contributed by atoms with Crippen LogP contribution in [0.15, 0.2) is 24.3 Å². The molecule has 7 heteroatoms. The molecule has 1 aromatic carbocycles. The van der Waals surface area contributed by atoms with Crippen LogP contribution in [0.4, 0.5) is 0 Å². The van der Waals surface area contributed by atoms with E-state index in [4.69, 9.17) is 23.8 Å². The van der Waals surface area contributed by atoms with Crippen molar-refractivity contribution in [3.05, 3.63) is 43.8 Å². The molecule has 118 valence electrons. The van der Waals surface area contributed by atoms with Gasteiger partial charge in [0.15, 0.2) is 3.95 Å². The Balaban J connectivity index is 1.51. The second kappa shape index (κ2) is 7.19. The summed E-state index contributed by atoms with van der Waals surface area (Å²) in [4.78, 5) is 4.89. The normalized spacial score (nSPS) is 17.0. The summed E-state index contributed by atoms with van der Waals surface area (Å²) in [6.07, 6.45) is 0. The quantitative estimate of drug-likeness (QED) is 0.785. The summed E-state index contributed by atoms with van der Waals surface area (Å²) >= 11 is 12.8. The fourth-order valence-electron chi connectivity index (χ4n) is 2.63. The number of nitrogens with zero attached hydrogens (tertiary/aromatic N) is 4. The highest BCUT2D eigenvalue weighted by atomic mass is 35.5. The van der Waals surface area contributed by atoms with Crippen LogP contribution in [0, 0.1) is 10.9 Å².